The van der Waals surface area contributed by atoms with E-state index in [4.69, 9.17) is 5.11 Å². The van der Waals surface area contributed by atoms with Crippen molar-refractivity contribution in [2.24, 2.45) is 5.92 Å². The molecule has 0 radical (unpaired) electrons. The smallest absolute Gasteiger partial charge is 0.254 e. The fourth-order valence-corrected chi connectivity index (χ4v) is 1.95. The minimum atomic E-state index is -0.689. The zero-order valence-corrected chi connectivity index (χ0v) is 9.58. The van der Waals surface area contributed by atoms with E-state index in [9.17, 15) is 9.18 Å². The Morgan fingerprint density at radius 3 is 2.82 bits per heavy atom. The van der Waals surface area contributed by atoms with Gasteiger partial charge in [-0.1, -0.05) is 19.3 Å². The third-order valence-corrected chi connectivity index (χ3v) is 3.26. The van der Waals surface area contributed by atoms with Crippen molar-refractivity contribution in [3.05, 3.63) is 29.6 Å². The van der Waals surface area contributed by atoms with E-state index in [0.29, 0.717) is 6.54 Å². The summed E-state index contributed by atoms with van der Waals surface area (Å²) in [5.41, 5.74) is -0.0172. The van der Waals surface area contributed by atoms with E-state index in [1.165, 1.54) is 31.4 Å². The maximum Gasteiger partial charge on any atom is 0.254 e. The van der Waals surface area contributed by atoms with Gasteiger partial charge in [-0.3, -0.25) is 4.79 Å². The summed E-state index contributed by atoms with van der Waals surface area (Å²) in [6.07, 6.45) is 4.73. The molecule has 0 aliphatic heterocycles. The van der Waals surface area contributed by atoms with Crippen LogP contribution in [-0.4, -0.2) is 17.6 Å². The number of phenolic OH excluding ortho intramolecular Hbond substituents is 1. The quantitative estimate of drug-likeness (QED) is 0.845. The molecule has 1 aromatic carbocycles. The minimum absolute atomic E-state index is 0.0172. The number of hydrogen-bond acceptors (Lipinski definition) is 2. The summed E-state index contributed by atoms with van der Waals surface area (Å²) in [5.74, 6) is -0.554. The van der Waals surface area contributed by atoms with E-state index >= 15 is 0 Å². The first kappa shape index (κ1) is 11.9. The van der Waals surface area contributed by atoms with Crippen molar-refractivity contribution in [3.63, 3.8) is 0 Å². The van der Waals surface area contributed by atoms with Crippen LogP contribution in [0.15, 0.2) is 18.2 Å². The highest BCUT2D eigenvalue weighted by molar-refractivity contribution is 5.94. The second-order valence-electron chi connectivity index (χ2n) is 4.51. The summed E-state index contributed by atoms with van der Waals surface area (Å²) >= 11 is 0. The monoisotopic (exact) mass is 237 g/mol. The third kappa shape index (κ3) is 2.96. The number of nitrogens with one attached hydrogen (secondary N) is 1. The van der Waals surface area contributed by atoms with Crippen LogP contribution in [0.5, 0.6) is 5.75 Å². The SMILES string of the molecule is O=C(NCCC1CCC1)c1ccc(O)cc1F. The van der Waals surface area contributed by atoms with Gasteiger partial charge in [0.15, 0.2) is 0 Å². The zero-order valence-electron chi connectivity index (χ0n) is 9.58. The highest BCUT2D eigenvalue weighted by atomic mass is 19.1. The number of phenols is 1. The Morgan fingerprint density at radius 1 is 1.47 bits per heavy atom. The molecule has 2 rings (SSSR count). The Bertz CT molecular complexity index is 416. The van der Waals surface area contributed by atoms with Crippen LogP contribution in [-0.2, 0) is 0 Å². The van der Waals surface area contributed by atoms with Gasteiger partial charge in [-0.25, -0.2) is 4.39 Å². The lowest BCUT2D eigenvalue weighted by Crippen LogP contribution is -2.28. The fourth-order valence-electron chi connectivity index (χ4n) is 1.95. The van der Waals surface area contributed by atoms with Crippen LogP contribution in [0, 0.1) is 11.7 Å². The fraction of sp³-hybridized carbons (Fsp3) is 0.462. The molecule has 1 saturated carbocycles. The molecular formula is C13H16FNO2. The summed E-state index contributed by atoms with van der Waals surface area (Å²) in [7, 11) is 0. The average molecular weight is 237 g/mol. The van der Waals surface area contributed by atoms with Crippen LogP contribution in [0.25, 0.3) is 0 Å². The molecule has 0 heterocycles. The number of amides is 1. The molecule has 0 spiro atoms. The van der Waals surface area contributed by atoms with Crippen molar-refractivity contribution >= 4 is 5.91 Å². The highest BCUT2D eigenvalue weighted by Gasteiger charge is 2.17. The van der Waals surface area contributed by atoms with Crippen LogP contribution in [0.2, 0.25) is 0 Å². The van der Waals surface area contributed by atoms with Crippen LogP contribution >= 0.6 is 0 Å². The first-order valence-electron chi connectivity index (χ1n) is 5.93. The van der Waals surface area contributed by atoms with Gasteiger partial charge in [0, 0.05) is 12.6 Å². The zero-order chi connectivity index (χ0) is 12.3. The molecule has 17 heavy (non-hydrogen) atoms. The predicted octanol–water partition coefficient (Wildman–Crippen LogP) is 2.45. The second kappa shape index (κ2) is 5.17. The number of carbonyl (C=O) groups excluding carboxylic acids is 1. The van der Waals surface area contributed by atoms with E-state index in [0.717, 1.165) is 18.4 Å². The molecule has 1 aliphatic carbocycles. The number of carbonyl (C=O) groups is 1. The average Bonchev–Trinajstić information content (AvgIpc) is 2.21. The summed E-state index contributed by atoms with van der Waals surface area (Å²) < 4.78 is 13.3. The number of halogens is 1. The maximum atomic E-state index is 13.3. The van der Waals surface area contributed by atoms with Crippen LogP contribution < -0.4 is 5.32 Å². The Balaban J connectivity index is 1.85. The standard InChI is InChI=1S/C13H16FNO2/c14-12-8-10(16)4-5-11(12)13(17)15-7-6-9-2-1-3-9/h4-5,8-9,16H,1-3,6-7H2,(H,15,17). The lowest BCUT2D eigenvalue weighted by atomic mass is 9.83. The van der Waals surface area contributed by atoms with Gasteiger partial charge in [-0.2, -0.15) is 0 Å². The Kier molecular flexibility index (Phi) is 3.61. The Labute approximate surface area is 99.7 Å². The summed E-state index contributed by atoms with van der Waals surface area (Å²) in [6.45, 7) is 0.587. The van der Waals surface area contributed by atoms with Gasteiger partial charge in [0.05, 0.1) is 5.56 Å². The molecule has 0 unspecified atom stereocenters. The highest BCUT2D eigenvalue weighted by Crippen LogP contribution is 2.28. The first-order valence-corrected chi connectivity index (χ1v) is 5.93. The van der Waals surface area contributed by atoms with E-state index in [-0.39, 0.29) is 11.3 Å². The summed E-state index contributed by atoms with van der Waals surface area (Å²) in [6, 6.07) is 3.55. The van der Waals surface area contributed by atoms with Gasteiger partial charge in [-0.05, 0) is 24.5 Å². The molecule has 1 aromatic rings. The van der Waals surface area contributed by atoms with Gasteiger partial charge in [-0.15, -0.1) is 0 Å². The van der Waals surface area contributed by atoms with Crippen LogP contribution in [0.1, 0.15) is 36.0 Å². The van der Waals surface area contributed by atoms with Crippen molar-refractivity contribution in [2.75, 3.05) is 6.54 Å². The molecule has 0 aromatic heterocycles. The summed E-state index contributed by atoms with van der Waals surface area (Å²) in [5, 5.41) is 11.7. The van der Waals surface area contributed by atoms with Gasteiger partial charge in [0.25, 0.3) is 5.91 Å². The molecule has 0 atom stereocenters. The van der Waals surface area contributed by atoms with E-state index in [2.05, 4.69) is 5.32 Å². The Hall–Kier alpha value is -1.58. The second-order valence-corrected chi connectivity index (χ2v) is 4.51. The molecule has 0 bridgehead atoms. The van der Waals surface area contributed by atoms with E-state index in [1.807, 2.05) is 0 Å². The largest absolute Gasteiger partial charge is 0.508 e. The molecule has 1 aliphatic rings. The van der Waals surface area contributed by atoms with Gasteiger partial charge in [0.2, 0.25) is 0 Å². The number of benzene rings is 1. The van der Waals surface area contributed by atoms with E-state index in [1.54, 1.807) is 0 Å². The maximum absolute atomic E-state index is 13.3. The number of hydrogen-bond donors (Lipinski definition) is 2. The van der Waals surface area contributed by atoms with Gasteiger partial charge < -0.3 is 10.4 Å². The predicted molar refractivity (Wildman–Crippen MR) is 62.4 cm³/mol. The molecule has 2 N–H and O–H groups in total. The molecule has 1 fully saturated rings. The molecule has 4 heteroatoms. The molecule has 92 valence electrons. The van der Waals surface area contributed by atoms with Crippen LogP contribution in [0.3, 0.4) is 0 Å². The van der Waals surface area contributed by atoms with Crippen molar-refractivity contribution in [3.8, 4) is 5.75 Å². The van der Waals surface area contributed by atoms with Crippen molar-refractivity contribution in [1.82, 2.24) is 5.32 Å². The van der Waals surface area contributed by atoms with E-state index < -0.39 is 11.7 Å². The molecule has 1 amide bonds. The first-order chi connectivity index (χ1) is 8.16. The lowest BCUT2D eigenvalue weighted by molar-refractivity contribution is 0.0945. The van der Waals surface area contributed by atoms with Gasteiger partial charge in [0.1, 0.15) is 11.6 Å². The molecule has 3 nitrogen and oxygen atoms in total. The Morgan fingerprint density at radius 2 is 2.24 bits per heavy atom. The van der Waals surface area contributed by atoms with Crippen LogP contribution in [0.4, 0.5) is 4.39 Å². The lowest BCUT2D eigenvalue weighted by Gasteiger charge is -2.25. The molecule has 0 saturated heterocycles. The van der Waals surface area contributed by atoms with Gasteiger partial charge >= 0.3 is 0 Å². The topological polar surface area (TPSA) is 49.3 Å². The number of aromatic hydroxyl groups is 1. The van der Waals surface area contributed by atoms with Crippen molar-refractivity contribution < 1.29 is 14.3 Å². The van der Waals surface area contributed by atoms with Crippen molar-refractivity contribution in [2.45, 2.75) is 25.7 Å². The minimum Gasteiger partial charge on any atom is -0.508 e. The summed E-state index contributed by atoms with van der Waals surface area (Å²) in [4.78, 5) is 11.6. The normalized spacial score (nSPS) is 15.4. The number of rotatable bonds is 4. The van der Waals surface area contributed by atoms with Crippen molar-refractivity contribution in [1.29, 1.82) is 0 Å². The molecular weight excluding hydrogens is 221 g/mol. The third-order valence-electron chi connectivity index (χ3n) is 3.26.